The predicted octanol–water partition coefficient (Wildman–Crippen LogP) is 3.79. The summed E-state index contributed by atoms with van der Waals surface area (Å²) >= 11 is 2.90. The minimum absolute atomic E-state index is 0.0293. The maximum absolute atomic E-state index is 12.7. The van der Waals surface area contributed by atoms with Crippen molar-refractivity contribution in [2.45, 2.75) is 69.8 Å². The van der Waals surface area contributed by atoms with Gasteiger partial charge in [0.2, 0.25) is 5.91 Å². The lowest BCUT2D eigenvalue weighted by Gasteiger charge is -2.30. The van der Waals surface area contributed by atoms with E-state index in [9.17, 15) is 9.59 Å². The quantitative estimate of drug-likeness (QED) is 0.634. The molecule has 0 aliphatic heterocycles. The van der Waals surface area contributed by atoms with Crippen LogP contribution in [0.3, 0.4) is 0 Å². The van der Waals surface area contributed by atoms with Gasteiger partial charge in [-0.1, -0.05) is 31.5 Å². The van der Waals surface area contributed by atoms with Crippen LogP contribution in [0, 0.1) is 19.8 Å². The molecule has 0 radical (unpaired) electrons. The molecule has 7 heteroatoms. The fourth-order valence-corrected chi connectivity index (χ4v) is 5.46. The molecule has 3 atom stereocenters. The number of carbonyl (C=O) groups excluding carboxylic acids is 1. The summed E-state index contributed by atoms with van der Waals surface area (Å²) in [6, 6.07) is 0.265. The third-order valence-corrected chi connectivity index (χ3v) is 7.70. The van der Waals surface area contributed by atoms with Gasteiger partial charge in [-0.2, -0.15) is 0 Å². The average Bonchev–Trinajstić information content (AvgIpc) is 2.88. The van der Waals surface area contributed by atoms with Gasteiger partial charge in [0.15, 0.2) is 5.16 Å². The van der Waals surface area contributed by atoms with Crippen molar-refractivity contribution in [3.63, 3.8) is 0 Å². The lowest BCUT2D eigenvalue weighted by molar-refractivity contribution is -0.121. The number of rotatable bonds is 4. The number of hydrogen-bond donors (Lipinski definition) is 1. The zero-order valence-electron chi connectivity index (χ0n) is 16.1. The number of thioether (sulfide) groups is 1. The molecule has 1 N–H and O–H groups in total. The van der Waals surface area contributed by atoms with Crippen molar-refractivity contribution in [3.8, 4) is 0 Å². The monoisotopic (exact) mass is 393 g/mol. The van der Waals surface area contributed by atoms with Crippen LogP contribution in [0.15, 0.2) is 9.95 Å². The molecule has 3 rings (SSSR count). The van der Waals surface area contributed by atoms with E-state index in [1.807, 2.05) is 20.8 Å². The highest BCUT2D eigenvalue weighted by atomic mass is 32.2. The van der Waals surface area contributed by atoms with Gasteiger partial charge in [0.1, 0.15) is 4.83 Å². The molecule has 26 heavy (non-hydrogen) atoms. The van der Waals surface area contributed by atoms with E-state index in [1.165, 1.54) is 31.0 Å². The second-order valence-corrected chi connectivity index (χ2v) is 9.87. The molecule has 1 amide bonds. The smallest absolute Gasteiger partial charge is 0.262 e. The number of nitrogens with one attached hydrogen (secondary N) is 1. The molecular weight excluding hydrogens is 366 g/mol. The van der Waals surface area contributed by atoms with Crippen LogP contribution in [0.5, 0.6) is 0 Å². The van der Waals surface area contributed by atoms with Gasteiger partial charge in [0.05, 0.1) is 10.6 Å². The summed E-state index contributed by atoms with van der Waals surface area (Å²) in [5, 5.41) is 4.21. The summed E-state index contributed by atoms with van der Waals surface area (Å²) < 4.78 is 1.57. The van der Waals surface area contributed by atoms with E-state index in [0.717, 1.165) is 21.7 Å². The van der Waals surface area contributed by atoms with Crippen LogP contribution in [0.2, 0.25) is 0 Å². The van der Waals surface area contributed by atoms with E-state index in [4.69, 9.17) is 0 Å². The SMILES string of the molecule is Cc1sc2nc(SC(C)C(=O)NC3CCCCC3C)n(C)c(=O)c2c1C. The van der Waals surface area contributed by atoms with Crippen LogP contribution in [0.4, 0.5) is 0 Å². The highest BCUT2D eigenvalue weighted by molar-refractivity contribution is 8.00. The van der Waals surface area contributed by atoms with Crippen molar-refractivity contribution >= 4 is 39.2 Å². The Morgan fingerprint density at radius 2 is 2.04 bits per heavy atom. The second-order valence-electron chi connectivity index (χ2n) is 7.36. The molecule has 3 unspecified atom stereocenters. The van der Waals surface area contributed by atoms with Crippen LogP contribution in [0.1, 0.15) is 50.0 Å². The Morgan fingerprint density at radius 1 is 1.35 bits per heavy atom. The molecule has 142 valence electrons. The van der Waals surface area contributed by atoms with Crippen molar-refractivity contribution in [3.05, 3.63) is 20.8 Å². The molecule has 0 aromatic carbocycles. The van der Waals surface area contributed by atoms with Gasteiger partial charge in [-0.15, -0.1) is 11.3 Å². The van der Waals surface area contributed by atoms with Crippen LogP contribution >= 0.6 is 23.1 Å². The van der Waals surface area contributed by atoms with Crippen LogP contribution in [0.25, 0.3) is 10.2 Å². The van der Waals surface area contributed by atoms with E-state index < -0.39 is 0 Å². The average molecular weight is 394 g/mol. The zero-order chi connectivity index (χ0) is 19.0. The number of aryl methyl sites for hydroxylation is 2. The van der Waals surface area contributed by atoms with Gasteiger partial charge >= 0.3 is 0 Å². The topological polar surface area (TPSA) is 64.0 Å². The number of amides is 1. The molecule has 2 heterocycles. The van der Waals surface area contributed by atoms with Crippen molar-refractivity contribution in [2.24, 2.45) is 13.0 Å². The van der Waals surface area contributed by atoms with Gasteiger partial charge in [-0.05, 0) is 45.1 Å². The number of carbonyl (C=O) groups is 1. The molecule has 1 aliphatic carbocycles. The molecule has 0 spiro atoms. The first-order valence-corrected chi connectivity index (χ1v) is 10.9. The Hall–Kier alpha value is -1.34. The first-order valence-electron chi connectivity index (χ1n) is 9.23. The number of fused-ring (bicyclic) bond motifs is 1. The van der Waals surface area contributed by atoms with E-state index in [2.05, 4.69) is 17.2 Å². The van der Waals surface area contributed by atoms with Gasteiger partial charge < -0.3 is 5.32 Å². The number of aromatic nitrogens is 2. The van der Waals surface area contributed by atoms with Gasteiger partial charge in [0.25, 0.3) is 5.56 Å². The van der Waals surface area contributed by atoms with Gasteiger partial charge in [-0.3, -0.25) is 14.2 Å². The predicted molar refractivity (Wildman–Crippen MR) is 109 cm³/mol. The minimum Gasteiger partial charge on any atom is -0.352 e. The fourth-order valence-electron chi connectivity index (χ4n) is 3.50. The summed E-state index contributed by atoms with van der Waals surface area (Å²) in [7, 11) is 1.73. The normalized spacial score (nSPS) is 21.7. The molecular formula is C19H27N3O2S2. The third kappa shape index (κ3) is 3.69. The van der Waals surface area contributed by atoms with Crippen molar-refractivity contribution in [2.75, 3.05) is 0 Å². The summed E-state index contributed by atoms with van der Waals surface area (Å²) in [6.45, 7) is 8.07. The Morgan fingerprint density at radius 3 is 2.73 bits per heavy atom. The Kier molecular flexibility index (Phi) is 5.77. The van der Waals surface area contributed by atoms with Crippen LogP contribution in [-0.2, 0) is 11.8 Å². The fraction of sp³-hybridized carbons (Fsp3) is 0.632. The Balaban J connectivity index is 1.78. The van der Waals surface area contributed by atoms with Crippen molar-refractivity contribution in [1.29, 1.82) is 0 Å². The van der Waals surface area contributed by atoms with E-state index in [-0.39, 0.29) is 22.8 Å². The molecule has 1 aliphatic rings. The maximum atomic E-state index is 12.7. The number of hydrogen-bond acceptors (Lipinski definition) is 5. The number of nitrogens with zero attached hydrogens (tertiary/aromatic N) is 2. The summed E-state index contributed by atoms with van der Waals surface area (Å²) in [5.41, 5.74) is 0.972. The Bertz CT molecular complexity index is 887. The van der Waals surface area contributed by atoms with Crippen molar-refractivity contribution in [1.82, 2.24) is 14.9 Å². The third-order valence-electron chi connectivity index (χ3n) is 5.46. The minimum atomic E-state index is -0.290. The number of thiophene rings is 1. The highest BCUT2D eigenvalue weighted by Crippen LogP contribution is 2.30. The van der Waals surface area contributed by atoms with Crippen LogP contribution in [-0.4, -0.2) is 26.8 Å². The van der Waals surface area contributed by atoms with Gasteiger partial charge in [-0.25, -0.2) is 4.98 Å². The largest absolute Gasteiger partial charge is 0.352 e. The van der Waals surface area contributed by atoms with E-state index in [1.54, 1.807) is 23.0 Å². The van der Waals surface area contributed by atoms with E-state index in [0.29, 0.717) is 16.5 Å². The van der Waals surface area contributed by atoms with Crippen molar-refractivity contribution < 1.29 is 4.79 Å². The summed E-state index contributed by atoms with van der Waals surface area (Å²) in [5.74, 6) is 0.558. The molecule has 0 bridgehead atoms. The molecule has 5 nitrogen and oxygen atoms in total. The maximum Gasteiger partial charge on any atom is 0.262 e. The van der Waals surface area contributed by atoms with Crippen LogP contribution < -0.4 is 10.9 Å². The molecule has 1 fully saturated rings. The lowest BCUT2D eigenvalue weighted by atomic mass is 9.86. The lowest BCUT2D eigenvalue weighted by Crippen LogP contribution is -2.44. The first-order chi connectivity index (χ1) is 12.3. The molecule has 2 aromatic heterocycles. The molecule has 2 aromatic rings. The van der Waals surface area contributed by atoms with E-state index >= 15 is 0 Å². The summed E-state index contributed by atoms with van der Waals surface area (Å²) in [4.78, 5) is 31.9. The standard InChI is InChI=1S/C19H27N3O2S2/c1-10-8-6-7-9-14(10)20-16(23)13(4)26-19-21-17-15(18(24)22(19)5)11(2)12(3)25-17/h10,13-14H,6-9H2,1-5H3,(H,20,23). The molecule has 1 saturated carbocycles. The molecule has 0 saturated heterocycles. The second kappa shape index (κ2) is 7.72. The highest BCUT2D eigenvalue weighted by Gasteiger charge is 2.26. The zero-order valence-corrected chi connectivity index (χ0v) is 17.7. The summed E-state index contributed by atoms with van der Waals surface area (Å²) in [6.07, 6.45) is 4.67. The first kappa shape index (κ1) is 19.4. The van der Waals surface area contributed by atoms with Gasteiger partial charge in [0, 0.05) is 18.0 Å². The Labute approximate surface area is 162 Å².